The number of aryl methyl sites for hydroxylation is 1. The Hall–Kier alpha value is -2.44. The second-order valence-electron chi connectivity index (χ2n) is 3.80. The standard InChI is InChI=1S/C12H15N5O2/c1-2-19-11-6-4-3-5-10(11)14-12(18)7-8-17-9-13-15-16-17/h3-6,9H,2,7-8H2,1H3,(H,14,18). The summed E-state index contributed by atoms with van der Waals surface area (Å²) in [6, 6.07) is 7.33. The van der Waals surface area contributed by atoms with Crippen molar-refractivity contribution in [3.05, 3.63) is 30.6 Å². The molecule has 0 spiro atoms. The number of hydrogen-bond donors (Lipinski definition) is 1. The number of carbonyl (C=O) groups is 1. The van der Waals surface area contributed by atoms with Crippen LogP contribution in [-0.2, 0) is 11.3 Å². The highest BCUT2D eigenvalue weighted by Crippen LogP contribution is 2.23. The van der Waals surface area contributed by atoms with Gasteiger partial charge in [-0.1, -0.05) is 12.1 Å². The molecule has 7 heteroatoms. The Labute approximate surface area is 110 Å². The molecule has 1 amide bonds. The Balaban J connectivity index is 1.91. The van der Waals surface area contributed by atoms with E-state index in [-0.39, 0.29) is 5.91 Å². The number of nitrogens with one attached hydrogen (secondary N) is 1. The number of carbonyl (C=O) groups excluding carboxylic acids is 1. The smallest absolute Gasteiger partial charge is 0.226 e. The maximum Gasteiger partial charge on any atom is 0.226 e. The van der Waals surface area contributed by atoms with Crippen LogP contribution in [0.5, 0.6) is 5.75 Å². The Morgan fingerprint density at radius 2 is 2.26 bits per heavy atom. The highest BCUT2D eigenvalue weighted by Gasteiger charge is 2.07. The van der Waals surface area contributed by atoms with E-state index in [9.17, 15) is 4.79 Å². The Morgan fingerprint density at radius 3 is 3.00 bits per heavy atom. The zero-order chi connectivity index (χ0) is 13.5. The number of para-hydroxylation sites is 2. The molecular formula is C12H15N5O2. The predicted molar refractivity (Wildman–Crippen MR) is 68.7 cm³/mol. The van der Waals surface area contributed by atoms with Crippen molar-refractivity contribution in [1.82, 2.24) is 20.2 Å². The molecule has 2 aromatic rings. The molecule has 0 saturated heterocycles. The maximum absolute atomic E-state index is 11.8. The maximum atomic E-state index is 11.8. The molecule has 7 nitrogen and oxygen atoms in total. The number of rotatable bonds is 6. The molecule has 1 aromatic carbocycles. The minimum Gasteiger partial charge on any atom is -0.492 e. The molecule has 19 heavy (non-hydrogen) atoms. The van der Waals surface area contributed by atoms with E-state index in [0.717, 1.165) is 0 Å². The summed E-state index contributed by atoms with van der Waals surface area (Å²) in [4.78, 5) is 11.8. The van der Waals surface area contributed by atoms with Gasteiger partial charge in [-0.05, 0) is 29.5 Å². The van der Waals surface area contributed by atoms with Crippen LogP contribution in [0.15, 0.2) is 30.6 Å². The van der Waals surface area contributed by atoms with E-state index in [4.69, 9.17) is 4.74 Å². The first-order valence-corrected chi connectivity index (χ1v) is 6.02. The molecule has 100 valence electrons. The van der Waals surface area contributed by atoms with Crippen molar-refractivity contribution in [3.8, 4) is 5.75 Å². The summed E-state index contributed by atoms with van der Waals surface area (Å²) in [5, 5.41) is 13.5. The SMILES string of the molecule is CCOc1ccccc1NC(=O)CCn1cnnn1. The van der Waals surface area contributed by atoms with Crippen LogP contribution >= 0.6 is 0 Å². The largest absolute Gasteiger partial charge is 0.492 e. The van der Waals surface area contributed by atoms with E-state index in [1.165, 1.54) is 11.0 Å². The number of benzene rings is 1. The van der Waals surface area contributed by atoms with Crippen LogP contribution in [0.4, 0.5) is 5.69 Å². The van der Waals surface area contributed by atoms with Crippen molar-refractivity contribution in [2.45, 2.75) is 19.9 Å². The lowest BCUT2D eigenvalue weighted by molar-refractivity contribution is -0.116. The van der Waals surface area contributed by atoms with E-state index in [2.05, 4.69) is 20.8 Å². The second kappa shape index (κ2) is 6.48. The Morgan fingerprint density at radius 1 is 1.42 bits per heavy atom. The molecular weight excluding hydrogens is 246 g/mol. The van der Waals surface area contributed by atoms with Crippen LogP contribution in [0, 0.1) is 0 Å². The van der Waals surface area contributed by atoms with Gasteiger partial charge in [0.15, 0.2) is 0 Å². The van der Waals surface area contributed by atoms with Crippen LogP contribution < -0.4 is 10.1 Å². The molecule has 0 atom stereocenters. The molecule has 0 aliphatic rings. The number of amides is 1. The highest BCUT2D eigenvalue weighted by molar-refractivity contribution is 5.92. The van der Waals surface area contributed by atoms with Gasteiger partial charge < -0.3 is 10.1 Å². The average Bonchev–Trinajstić information content (AvgIpc) is 2.92. The zero-order valence-electron chi connectivity index (χ0n) is 10.6. The van der Waals surface area contributed by atoms with Gasteiger partial charge in [0.05, 0.1) is 18.8 Å². The first-order valence-electron chi connectivity index (χ1n) is 6.02. The number of nitrogens with zero attached hydrogens (tertiary/aromatic N) is 4. The molecule has 0 radical (unpaired) electrons. The average molecular weight is 261 g/mol. The fourth-order valence-corrected chi connectivity index (χ4v) is 1.56. The van der Waals surface area contributed by atoms with Crippen LogP contribution in [0.1, 0.15) is 13.3 Å². The number of ether oxygens (including phenoxy) is 1. The lowest BCUT2D eigenvalue weighted by Gasteiger charge is -2.10. The van der Waals surface area contributed by atoms with Crippen molar-refractivity contribution in [2.24, 2.45) is 0 Å². The van der Waals surface area contributed by atoms with Gasteiger partial charge in [0, 0.05) is 6.42 Å². The van der Waals surface area contributed by atoms with Gasteiger partial charge in [-0.3, -0.25) is 4.79 Å². The third kappa shape index (κ3) is 3.77. The van der Waals surface area contributed by atoms with E-state index in [1.54, 1.807) is 6.07 Å². The first kappa shape index (κ1) is 13.0. The summed E-state index contributed by atoms with van der Waals surface area (Å²) >= 11 is 0. The molecule has 0 aliphatic heterocycles. The van der Waals surface area contributed by atoms with Crippen LogP contribution in [0.25, 0.3) is 0 Å². The minimum absolute atomic E-state index is 0.109. The van der Waals surface area contributed by atoms with Crippen LogP contribution in [0.3, 0.4) is 0 Å². The van der Waals surface area contributed by atoms with Gasteiger partial charge in [0.25, 0.3) is 0 Å². The van der Waals surface area contributed by atoms with Crippen molar-refractivity contribution >= 4 is 11.6 Å². The molecule has 0 aliphatic carbocycles. The monoisotopic (exact) mass is 261 g/mol. The van der Waals surface area contributed by atoms with E-state index in [0.29, 0.717) is 31.0 Å². The van der Waals surface area contributed by atoms with Crippen LogP contribution in [0.2, 0.25) is 0 Å². The highest BCUT2D eigenvalue weighted by atomic mass is 16.5. The van der Waals surface area contributed by atoms with E-state index >= 15 is 0 Å². The molecule has 0 fully saturated rings. The number of aromatic nitrogens is 4. The number of tetrazole rings is 1. The lowest BCUT2D eigenvalue weighted by atomic mass is 10.2. The summed E-state index contributed by atoms with van der Waals surface area (Å²) in [6.07, 6.45) is 1.77. The Kier molecular flexibility index (Phi) is 4.44. The Bertz CT molecular complexity index is 527. The fourth-order valence-electron chi connectivity index (χ4n) is 1.56. The van der Waals surface area contributed by atoms with E-state index < -0.39 is 0 Å². The molecule has 0 saturated carbocycles. The molecule has 1 aromatic heterocycles. The summed E-state index contributed by atoms with van der Waals surface area (Å²) in [5.41, 5.74) is 0.672. The third-order valence-electron chi connectivity index (χ3n) is 2.42. The number of anilines is 1. The van der Waals surface area contributed by atoms with E-state index in [1.807, 2.05) is 25.1 Å². The summed E-state index contributed by atoms with van der Waals surface area (Å²) in [7, 11) is 0. The van der Waals surface area contributed by atoms with Crippen molar-refractivity contribution in [3.63, 3.8) is 0 Å². The topological polar surface area (TPSA) is 81.9 Å². The molecule has 1 N–H and O–H groups in total. The molecule has 2 rings (SSSR count). The quantitative estimate of drug-likeness (QED) is 0.842. The van der Waals surface area contributed by atoms with Crippen molar-refractivity contribution < 1.29 is 9.53 Å². The summed E-state index contributed by atoms with van der Waals surface area (Å²) in [6.45, 7) is 2.89. The van der Waals surface area contributed by atoms with Gasteiger partial charge in [-0.15, -0.1) is 5.10 Å². The number of hydrogen-bond acceptors (Lipinski definition) is 5. The predicted octanol–water partition coefficient (Wildman–Crippen LogP) is 1.10. The van der Waals surface area contributed by atoms with Gasteiger partial charge in [0.1, 0.15) is 12.1 Å². The minimum atomic E-state index is -0.109. The zero-order valence-corrected chi connectivity index (χ0v) is 10.6. The molecule has 0 bridgehead atoms. The van der Waals surface area contributed by atoms with Crippen molar-refractivity contribution in [1.29, 1.82) is 0 Å². The fraction of sp³-hybridized carbons (Fsp3) is 0.333. The third-order valence-corrected chi connectivity index (χ3v) is 2.42. The first-order chi connectivity index (χ1) is 9.29. The van der Waals surface area contributed by atoms with Gasteiger partial charge in [-0.25, -0.2) is 4.68 Å². The normalized spacial score (nSPS) is 10.2. The lowest BCUT2D eigenvalue weighted by Crippen LogP contribution is -2.15. The summed E-state index contributed by atoms with van der Waals surface area (Å²) < 4.78 is 6.94. The summed E-state index contributed by atoms with van der Waals surface area (Å²) in [5.74, 6) is 0.559. The second-order valence-corrected chi connectivity index (χ2v) is 3.80. The van der Waals surface area contributed by atoms with Gasteiger partial charge in [-0.2, -0.15) is 0 Å². The van der Waals surface area contributed by atoms with Crippen molar-refractivity contribution in [2.75, 3.05) is 11.9 Å². The van der Waals surface area contributed by atoms with Crippen LogP contribution in [-0.4, -0.2) is 32.7 Å². The molecule has 0 unspecified atom stereocenters. The van der Waals surface area contributed by atoms with Gasteiger partial charge >= 0.3 is 0 Å². The van der Waals surface area contributed by atoms with Gasteiger partial charge in [0.2, 0.25) is 5.91 Å². The molecule has 1 heterocycles.